The zero-order valence-electron chi connectivity index (χ0n) is 12.3. The lowest BCUT2D eigenvalue weighted by atomic mass is 10.2. The number of nitrogens with one attached hydrogen (secondary N) is 1. The Labute approximate surface area is 134 Å². The van der Waals surface area contributed by atoms with Crippen LogP contribution in [0.15, 0.2) is 36.5 Å². The van der Waals surface area contributed by atoms with Gasteiger partial charge in [-0.2, -0.15) is 18.3 Å². The van der Waals surface area contributed by atoms with E-state index in [2.05, 4.69) is 10.1 Å². The predicted molar refractivity (Wildman–Crippen MR) is 83.9 cm³/mol. The summed E-state index contributed by atoms with van der Waals surface area (Å²) in [7, 11) is 1.90. The first-order chi connectivity index (χ1) is 10.8. The van der Waals surface area contributed by atoms with Gasteiger partial charge in [0.2, 0.25) is 0 Å². The Bertz CT molecular complexity index is 822. The third kappa shape index (κ3) is 3.21. The van der Waals surface area contributed by atoms with E-state index in [4.69, 9.17) is 0 Å². The number of hydrogen-bond acceptors (Lipinski definition) is 4. The van der Waals surface area contributed by atoms with Crippen LogP contribution in [-0.2, 0) is 6.18 Å². The standard InChI is InChI=1S/C15H13F3N4S/c1-9-3-4-14(23-9)22(2)10-5-6-19-11(7-10)12-8-13(21-20-12)15(16,17)18/h3-8H,1-2H3,(H,20,21). The number of alkyl halides is 3. The van der Waals surface area contributed by atoms with Crippen LogP contribution in [0.4, 0.5) is 23.9 Å². The highest BCUT2D eigenvalue weighted by molar-refractivity contribution is 7.16. The molecule has 0 atom stereocenters. The van der Waals surface area contributed by atoms with Crippen LogP contribution >= 0.6 is 11.3 Å². The van der Waals surface area contributed by atoms with Gasteiger partial charge in [-0.25, -0.2) is 0 Å². The van der Waals surface area contributed by atoms with E-state index >= 15 is 0 Å². The molecule has 3 rings (SSSR count). The lowest BCUT2D eigenvalue weighted by Crippen LogP contribution is -2.07. The van der Waals surface area contributed by atoms with E-state index < -0.39 is 11.9 Å². The van der Waals surface area contributed by atoms with E-state index in [9.17, 15) is 13.2 Å². The summed E-state index contributed by atoms with van der Waals surface area (Å²) in [5, 5.41) is 6.75. The number of aryl methyl sites for hydroxylation is 1. The highest BCUT2D eigenvalue weighted by Crippen LogP contribution is 2.33. The normalized spacial score (nSPS) is 11.7. The molecule has 3 heterocycles. The Morgan fingerprint density at radius 3 is 2.52 bits per heavy atom. The fraction of sp³-hybridized carbons (Fsp3) is 0.200. The molecular weight excluding hydrogens is 325 g/mol. The smallest absolute Gasteiger partial charge is 0.336 e. The SMILES string of the molecule is Cc1ccc(N(C)c2ccnc(-c3cc(C(F)(F)F)[nH]n3)c2)s1. The molecule has 0 saturated carbocycles. The van der Waals surface area contributed by atoms with Gasteiger partial charge in [-0.05, 0) is 37.3 Å². The number of aromatic nitrogens is 3. The molecule has 1 N–H and O–H groups in total. The Morgan fingerprint density at radius 1 is 1.13 bits per heavy atom. The zero-order valence-corrected chi connectivity index (χ0v) is 13.2. The number of thiophene rings is 1. The number of H-pyrrole nitrogens is 1. The van der Waals surface area contributed by atoms with Gasteiger partial charge >= 0.3 is 6.18 Å². The fourth-order valence-electron chi connectivity index (χ4n) is 2.10. The molecule has 8 heteroatoms. The van der Waals surface area contributed by atoms with Crippen LogP contribution in [0.1, 0.15) is 10.6 Å². The zero-order chi connectivity index (χ0) is 16.6. The quantitative estimate of drug-likeness (QED) is 0.757. The highest BCUT2D eigenvalue weighted by Gasteiger charge is 2.33. The van der Waals surface area contributed by atoms with Crippen molar-refractivity contribution < 1.29 is 13.2 Å². The molecule has 23 heavy (non-hydrogen) atoms. The molecule has 0 unspecified atom stereocenters. The number of rotatable bonds is 3. The average molecular weight is 338 g/mol. The summed E-state index contributed by atoms with van der Waals surface area (Å²) >= 11 is 1.63. The summed E-state index contributed by atoms with van der Waals surface area (Å²) in [6, 6.07) is 8.49. The molecule has 4 nitrogen and oxygen atoms in total. The third-order valence-corrected chi connectivity index (χ3v) is 4.41. The van der Waals surface area contributed by atoms with Crippen LogP contribution in [0.5, 0.6) is 0 Å². The average Bonchev–Trinajstić information content (AvgIpc) is 3.15. The topological polar surface area (TPSA) is 44.8 Å². The van der Waals surface area contributed by atoms with Crippen LogP contribution in [0.2, 0.25) is 0 Å². The van der Waals surface area contributed by atoms with Gasteiger partial charge < -0.3 is 4.90 Å². The minimum Gasteiger partial charge on any atom is -0.336 e. The van der Waals surface area contributed by atoms with Gasteiger partial charge in [0, 0.05) is 23.8 Å². The van der Waals surface area contributed by atoms with Crippen molar-refractivity contribution in [1.82, 2.24) is 15.2 Å². The number of pyridine rings is 1. The summed E-state index contributed by atoms with van der Waals surface area (Å²) in [6.45, 7) is 2.02. The monoisotopic (exact) mass is 338 g/mol. The van der Waals surface area contributed by atoms with E-state index in [1.54, 1.807) is 29.7 Å². The lowest BCUT2D eigenvalue weighted by Gasteiger charge is -2.17. The Balaban J connectivity index is 1.92. The first-order valence-electron chi connectivity index (χ1n) is 6.74. The maximum atomic E-state index is 12.6. The van der Waals surface area contributed by atoms with Crippen molar-refractivity contribution in [3.63, 3.8) is 0 Å². The highest BCUT2D eigenvalue weighted by atomic mass is 32.1. The lowest BCUT2D eigenvalue weighted by molar-refractivity contribution is -0.141. The molecule has 0 aliphatic carbocycles. The number of anilines is 2. The summed E-state index contributed by atoms with van der Waals surface area (Å²) in [5.41, 5.74) is 0.486. The molecule has 3 aromatic rings. The molecule has 0 aliphatic rings. The van der Waals surface area contributed by atoms with E-state index in [0.717, 1.165) is 16.8 Å². The Hall–Kier alpha value is -2.35. The Kier molecular flexibility index (Phi) is 3.85. The molecule has 0 bridgehead atoms. The first-order valence-corrected chi connectivity index (χ1v) is 7.55. The van der Waals surface area contributed by atoms with Gasteiger partial charge in [-0.15, -0.1) is 11.3 Å². The minimum absolute atomic E-state index is 0.162. The summed E-state index contributed by atoms with van der Waals surface area (Å²) in [5.74, 6) is 0. The van der Waals surface area contributed by atoms with Crippen molar-refractivity contribution in [2.75, 3.05) is 11.9 Å². The number of hydrogen-bond donors (Lipinski definition) is 1. The number of halogens is 3. The largest absolute Gasteiger partial charge is 0.432 e. The van der Waals surface area contributed by atoms with Crippen LogP contribution in [0.3, 0.4) is 0 Å². The van der Waals surface area contributed by atoms with Crippen LogP contribution in [-0.4, -0.2) is 22.2 Å². The summed E-state index contributed by atoms with van der Waals surface area (Å²) in [4.78, 5) is 7.26. The van der Waals surface area contributed by atoms with Crippen molar-refractivity contribution in [2.45, 2.75) is 13.1 Å². The maximum absolute atomic E-state index is 12.6. The van der Waals surface area contributed by atoms with Gasteiger partial charge in [0.05, 0.1) is 10.7 Å². The second kappa shape index (κ2) is 5.69. The molecular formula is C15H13F3N4S. The molecule has 0 radical (unpaired) electrons. The van der Waals surface area contributed by atoms with Crippen molar-refractivity contribution in [3.8, 4) is 11.4 Å². The summed E-state index contributed by atoms with van der Waals surface area (Å²) in [6.07, 6.45) is -2.89. The van der Waals surface area contributed by atoms with Gasteiger partial charge in [-0.1, -0.05) is 0 Å². The van der Waals surface area contributed by atoms with Crippen LogP contribution < -0.4 is 4.90 Å². The first kappa shape index (κ1) is 15.5. The molecule has 3 aromatic heterocycles. The molecule has 0 spiro atoms. The second-order valence-electron chi connectivity index (χ2n) is 5.01. The van der Waals surface area contributed by atoms with Gasteiger partial charge in [0.15, 0.2) is 0 Å². The van der Waals surface area contributed by atoms with Crippen LogP contribution in [0, 0.1) is 6.92 Å². The van der Waals surface area contributed by atoms with E-state index in [0.29, 0.717) is 5.69 Å². The van der Waals surface area contributed by atoms with Gasteiger partial charge in [-0.3, -0.25) is 10.1 Å². The molecule has 0 saturated heterocycles. The van der Waals surface area contributed by atoms with Crippen molar-refractivity contribution in [2.24, 2.45) is 0 Å². The van der Waals surface area contributed by atoms with Crippen molar-refractivity contribution >= 4 is 22.0 Å². The minimum atomic E-state index is -4.45. The number of aromatic amines is 1. The van der Waals surface area contributed by atoms with Crippen LogP contribution in [0.25, 0.3) is 11.4 Å². The van der Waals surface area contributed by atoms with Crippen molar-refractivity contribution in [1.29, 1.82) is 0 Å². The molecule has 0 amide bonds. The third-order valence-electron chi connectivity index (χ3n) is 3.33. The molecule has 0 aliphatic heterocycles. The maximum Gasteiger partial charge on any atom is 0.432 e. The Morgan fingerprint density at radius 2 is 1.91 bits per heavy atom. The van der Waals surface area contributed by atoms with E-state index in [1.807, 2.05) is 36.1 Å². The van der Waals surface area contributed by atoms with E-state index in [1.165, 1.54) is 4.88 Å². The van der Waals surface area contributed by atoms with Gasteiger partial charge in [0.1, 0.15) is 11.4 Å². The second-order valence-corrected chi connectivity index (χ2v) is 6.27. The molecule has 0 fully saturated rings. The summed E-state index contributed by atoms with van der Waals surface area (Å²) < 4.78 is 37.9. The molecule has 0 aromatic carbocycles. The van der Waals surface area contributed by atoms with E-state index in [-0.39, 0.29) is 5.69 Å². The number of nitrogens with zero attached hydrogens (tertiary/aromatic N) is 3. The van der Waals surface area contributed by atoms with Gasteiger partial charge in [0.25, 0.3) is 0 Å². The molecule has 120 valence electrons. The van der Waals surface area contributed by atoms with Crippen molar-refractivity contribution in [3.05, 3.63) is 47.1 Å². The predicted octanol–water partition coefficient (Wildman–Crippen LogP) is 4.63. The fourth-order valence-corrected chi connectivity index (χ4v) is 2.94.